The molecule has 0 bridgehead atoms. The maximum Gasteiger partial charge on any atom is 0.175 e. The third kappa shape index (κ3) is 19.1. The quantitative estimate of drug-likeness (QED) is 0.0357. The molecule has 0 aliphatic carbocycles. The molecule has 12 aromatic heterocycles. The molecule has 0 saturated carbocycles. The fraction of sp³-hybridized carbons (Fsp3) is 0.519. The van der Waals surface area contributed by atoms with Crippen molar-refractivity contribution in [3.8, 4) is 71.0 Å². The largest absolute Gasteiger partial charge is 0.293 e. The van der Waals surface area contributed by atoms with Crippen molar-refractivity contribution in [2.75, 3.05) is 0 Å². The molecule has 630 valence electrons. The van der Waals surface area contributed by atoms with Gasteiger partial charge in [0.25, 0.3) is 0 Å². The lowest BCUT2D eigenvalue weighted by Crippen LogP contribution is -2.12. The monoisotopic (exact) mass is 1790 g/mol. The van der Waals surface area contributed by atoms with E-state index in [0.29, 0.717) is 35.2 Å². The maximum atomic E-state index is 15.6. The number of ketones is 2. The second-order valence-electron chi connectivity index (χ2n) is 36.4. The Kier molecular flexibility index (Phi) is 30.5. The molecule has 6 unspecified atom stereocenters. The number of rotatable bonds is 43. The predicted molar refractivity (Wildman–Crippen MR) is 545 cm³/mol. The Bertz CT molecular complexity index is 5510. The average Bonchev–Trinajstić information content (AvgIpc) is 1.55. The minimum absolute atomic E-state index is 0.0145. The van der Waals surface area contributed by atoms with Gasteiger partial charge in [0.1, 0.15) is 0 Å². The third-order valence-corrected chi connectivity index (χ3v) is 41.1. The van der Waals surface area contributed by atoms with E-state index in [2.05, 4.69) is 232 Å². The van der Waals surface area contributed by atoms with Crippen LogP contribution in [0.2, 0.25) is 0 Å². The highest BCUT2D eigenvalue weighted by molar-refractivity contribution is 7.36. The molecular formula is C104H130O2S12. The van der Waals surface area contributed by atoms with Crippen LogP contribution < -0.4 is 0 Å². The molecule has 118 heavy (non-hydrogen) atoms. The normalized spacial score (nSPS) is 14.2. The van der Waals surface area contributed by atoms with Crippen LogP contribution in [0.5, 0.6) is 0 Å². The standard InChI is InChI=1S/C104H130O2S12/c1-19-31-37-61(25-7)51-67-43-47-77(107-67)87-72-56-84(114-94(72)88(78-48-44-68(108-78)52-62(26-8)38-32-20-2)73-57-85(115-95(73)87)101-99-76(102(118-101)104(16,17)18)59-82(112-99)92(106)66(30-12)42-36-24-6)100-98-75(58-81(111-98)91(105)65(29-11)41-35-23-5)93(117-100)83-55-71-89(79-49-45-69(109-79)53-63(27-9)39-33-21-3)97-74(60-86(116-97)103(13,14)15)90(96(71)113-83)80-50-46-70(110-80)54-64(28-10)40-34-22-4/h43-50,55-66H,19-42,51-54H2,1-18H3. The number of unbranched alkanes of at least 4 members (excludes halogenated alkanes) is 6. The Morgan fingerprint density at radius 3 is 0.924 bits per heavy atom. The fourth-order valence-electron chi connectivity index (χ4n) is 18.1. The van der Waals surface area contributed by atoms with Crippen LogP contribution in [-0.4, -0.2) is 11.6 Å². The van der Waals surface area contributed by atoms with E-state index in [1.165, 1.54) is 264 Å². The highest BCUT2D eigenvalue weighted by Gasteiger charge is 2.35. The van der Waals surface area contributed by atoms with Crippen LogP contribution in [0, 0.1) is 35.5 Å². The Balaban J connectivity index is 1.04. The van der Waals surface area contributed by atoms with Crippen molar-refractivity contribution in [2.24, 2.45) is 35.5 Å². The van der Waals surface area contributed by atoms with E-state index < -0.39 is 0 Å². The van der Waals surface area contributed by atoms with Crippen molar-refractivity contribution in [1.29, 1.82) is 0 Å². The summed E-state index contributed by atoms with van der Waals surface area (Å²) in [4.78, 5) is 54.3. The van der Waals surface area contributed by atoms with Crippen LogP contribution in [0.15, 0.2) is 84.9 Å². The first kappa shape index (κ1) is 90.0. The predicted octanol–water partition coefficient (Wildman–Crippen LogP) is 39.4. The SMILES string of the molecule is CCCCC(CC)Cc1ccc(-c2c3cc(C(C)(C)C)sc3c(-c3ccc(CC(CC)CCCC)s3)c3cc(-c4sc(-c5cc6c(-c7ccc(CC(CC)CCCC)s7)c7sc(-c8sc(C(C)(C)C)c9cc(C(=O)C(CC)CCCC)sc89)cc7c(-c7ccc(CC(CC)CCCC)s7)c6s5)c5sc(C(=O)C(CC)CCCC)cc45)sc23)s1. The van der Waals surface area contributed by atoms with Gasteiger partial charge < -0.3 is 0 Å². The molecule has 0 radical (unpaired) electrons. The summed E-state index contributed by atoms with van der Waals surface area (Å²) >= 11 is 23.8. The zero-order valence-corrected chi connectivity index (χ0v) is 83.9. The van der Waals surface area contributed by atoms with Gasteiger partial charge in [0.15, 0.2) is 11.6 Å². The molecule has 14 aromatic rings. The molecular weight excluding hydrogens is 1670 g/mol. The molecule has 0 amide bonds. The second-order valence-corrected chi connectivity index (χ2v) is 49.4. The zero-order chi connectivity index (χ0) is 83.4. The minimum atomic E-state index is -0.115. The first-order valence-corrected chi connectivity index (χ1v) is 55.5. The third-order valence-electron chi connectivity index (χ3n) is 25.6. The Morgan fingerprint density at radius 2 is 0.593 bits per heavy atom. The van der Waals surface area contributed by atoms with Crippen molar-refractivity contribution < 1.29 is 9.59 Å². The van der Waals surface area contributed by atoms with Gasteiger partial charge in [-0.1, -0.05) is 253 Å². The maximum absolute atomic E-state index is 15.6. The van der Waals surface area contributed by atoms with Gasteiger partial charge in [0.05, 0.1) is 33.8 Å². The molecule has 0 aliphatic rings. The van der Waals surface area contributed by atoms with Crippen LogP contribution >= 0.6 is 136 Å². The lowest BCUT2D eigenvalue weighted by Gasteiger charge is -2.16. The zero-order valence-electron chi connectivity index (χ0n) is 74.1. The van der Waals surface area contributed by atoms with E-state index in [1.807, 2.05) is 90.7 Å². The topological polar surface area (TPSA) is 34.1 Å². The van der Waals surface area contributed by atoms with E-state index in [-0.39, 0.29) is 22.7 Å². The van der Waals surface area contributed by atoms with Crippen molar-refractivity contribution >= 4 is 208 Å². The lowest BCUT2D eigenvalue weighted by atomic mass is 9.91. The summed E-state index contributed by atoms with van der Waals surface area (Å²) in [7, 11) is 0. The van der Waals surface area contributed by atoms with Gasteiger partial charge in [-0.2, -0.15) is 0 Å². The number of benzene rings is 2. The van der Waals surface area contributed by atoms with Crippen LogP contribution in [0.25, 0.3) is 132 Å². The van der Waals surface area contributed by atoms with E-state index in [1.54, 1.807) is 22.7 Å². The second kappa shape index (κ2) is 39.9. The van der Waals surface area contributed by atoms with Crippen LogP contribution in [0.3, 0.4) is 0 Å². The van der Waals surface area contributed by atoms with Gasteiger partial charge in [-0.05, 0) is 171 Å². The number of fused-ring (bicyclic) bond motifs is 6. The molecule has 12 heterocycles. The summed E-state index contributed by atoms with van der Waals surface area (Å²) in [6, 6.07) is 35.1. The summed E-state index contributed by atoms with van der Waals surface area (Å²) in [5.41, 5.74) is 5.40. The smallest absolute Gasteiger partial charge is 0.175 e. The minimum Gasteiger partial charge on any atom is -0.293 e. The van der Waals surface area contributed by atoms with Gasteiger partial charge in [-0.3, -0.25) is 9.59 Å². The molecule has 14 heteroatoms. The average molecular weight is 1800 g/mol. The fourth-order valence-corrected chi connectivity index (χ4v) is 33.9. The van der Waals surface area contributed by atoms with Crippen molar-refractivity contribution in [2.45, 2.75) is 315 Å². The van der Waals surface area contributed by atoms with Crippen molar-refractivity contribution in [3.05, 3.63) is 124 Å². The van der Waals surface area contributed by atoms with Crippen molar-refractivity contribution in [3.63, 3.8) is 0 Å². The van der Waals surface area contributed by atoms with Gasteiger partial charge in [0, 0.05) is 149 Å². The number of Topliss-reactive ketones (excluding diaryl/α,β-unsaturated/α-hetero) is 2. The van der Waals surface area contributed by atoms with Gasteiger partial charge >= 0.3 is 0 Å². The number of hydrogen-bond acceptors (Lipinski definition) is 14. The number of carbonyl (C=O) groups excluding carboxylic acids is 2. The number of thiophene rings is 12. The van der Waals surface area contributed by atoms with E-state index >= 15 is 4.79 Å². The highest BCUT2D eigenvalue weighted by atomic mass is 32.1. The molecule has 0 spiro atoms. The molecule has 0 saturated heterocycles. The van der Waals surface area contributed by atoms with E-state index in [4.69, 9.17) is 0 Å². The number of carbonyl (C=O) groups is 2. The van der Waals surface area contributed by atoms with Gasteiger partial charge in [-0.25, -0.2) is 0 Å². The van der Waals surface area contributed by atoms with Crippen LogP contribution in [0.4, 0.5) is 0 Å². The van der Waals surface area contributed by atoms with Crippen LogP contribution in [-0.2, 0) is 36.5 Å². The lowest BCUT2D eigenvalue weighted by molar-refractivity contribution is 0.0905. The number of hydrogen-bond donors (Lipinski definition) is 0. The van der Waals surface area contributed by atoms with Gasteiger partial charge in [0.2, 0.25) is 0 Å². The molecule has 14 rings (SSSR count). The Hall–Kier alpha value is -4.26. The highest BCUT2D eigenvalue weighted by Crippen LogP contribution is 2.62. The first-order chi connectivity index (χ1) is 57.0. The first-order valence-electron chi connectivity index (χ1n) is 45.7. The van der Waals surface area contributed by atoms with E-state index in [0.717, 1.165) is 86.8 Å². The summed E-state index contributed by atoms with van der Waals surface area (Å²) in [5, 5.41) is 7.94. The Morgan fingerprint density at radius 1 is 0.280 bits per heavy atom. The summed E-state index contributed by atoms with van der Waals surface area (Å²) < 4.78 is 8.05. The summed E-state index contributed by atoms with van der Waals surface area (Å²) in [5.74, 6) is 3.33. The summed E-state index contributed by atoms with van der Waals surface area (Å²) in [6.45, 7) is 42.3. The summed E-state index contributed by atoms with van der Waals surface area (Å²) in [6.07, 6.45) is 32.3. The molecule has 2 aromatic carbocycles. The molecule has 6 atom stereocenters. The van der Waals surface area contributed by atoms with E-state index in [9.17, 15) is 4.79 Å². The van der Waals surface area contributed by atoms with Crippen molar-refractivity contribution in [1.82, 2.24) is 0 Å². The van der Waals surface area contributed by atoms with Gasteiger partial charge in [-0.15, -0.1) is 136 Å². The molecule has 0 fully saturated rings. The molecule has 2 nitrogen and oxygen atoms in total. The van der Waals surface area contributed by atoms with Crippen LogP contribution in [0.1, 0.15) is 327 Å². The Labute approximate surface area is 755 Å². The molecule has 0 N–H and O–H groups in total. The molecule has 0 aliphatic heterocycles.